The molecule has 2 heterocycles. The van der Waals surface area contributed by atoms with Crippen LogP contribution in [0.2, 0.25) is 0 Å². The second kappa shape index (κ2) is 7.90. The first kappa shape index (κ1) is 18.3. The lowest BCUT2D eigenvalue weighted by atomic mass is 9.95. The minimum Gasteiger partial charge on any atom is -0.338 e. The Labute approximate surface area is 166 Å². The molecule has 4 nitrogen and oxygen atoms in total. The summed E-state index contributed by atoms with van der Waals surface area (Å²) in [6.07, 6.45) is 8.91. The van der Waals surface area contributed by atoms with Crippen LogP contribution in [0, 0.1) is 12.3 Å². The van der Waals surface area contributed by atoms with E-state index in [0.717, 1.165) is 30.5 Å². The minimum atomic E-state index is 0.0519. The maximum atomic E-state index is 12.8. The molecule has 0 bridgehead atoms. The van der Waals surface area contributed by atoms with Crippen molar-refractivity contribution >= 4 is 17.5 Å². The summed E-state index contributed by atoms with van der Waals surface area (Å²) in [5.41, 5.74) is 4.03. The summed E-state index contributed by atoms with van der Waals surface area (Å²) in [7, 11) is 0. The first-order valence-electron chi connectivity index (χ1n) is 9.89. The number of carbonyl (C=O) groups excluding carboxylic acids is 2. The molecular weight excluding hydrogens is 348 g/mol. The van der Waals surface area contributed by atoms with Gasteiger partial charge in [-0.3, -0.25) is 9.59 Å². The van der Waals surface area contributed by atoms with Crippen molar-refractivity contribution in [1.29, 1.82) is 0 Å². The molecule has 2 aromatic carbocycles. The fourth-order valence-corrected chi connectivity index (χ4v) is 4.25. The molecule has 2 aromatic rings. The SMILES string of the molecule is C#CCc1ccc(C(=O)N2CCC(N3C(=O)CCc4ccccc43)CC2)cc1. The van der Waals surface area contributed by atoms with E-state index in [2.05, 4.69) is 12.0 Å². The van der Waals surface area contributed by atoms with Crippen molar-refractivity contribution < 1.29 is 9.59 Å². The van der Waals surface area contributed by atoms with E-state index >= 15 is 0 Å². The molecule has 0 radical (unpaired) electrons. The van der Waals surface area contributed by atoms with E-state index in [4.69, 9.17) is 6.42 Å². The Morgan fingerprint density at radius 2 is 1.75 bits per heavy atom. The fourth-order valence-electron chi connectivity index (χ4n) is 4.25. The molecule has 2 amide bonds. The number of terminal acetylenes is 1. The van der Waals surface area contributed by atoms with E-state index in [1.165, 1.54) is 5.56 Å². The van der Waals surface area contributed by atoms with Crippen LogP contribution in [-0.4, -0.2) is 35.8 Å². The van der Waals surface area contributed by atoms with Crippen LogP contribution in [0.15, 0.2) is 48.5 Å². The molecule has 2 aliphatic rings. The molecule has 0 aliphatic carbocycles. The normalized spacial score (nSPS) is 17.2. The lowest BCUT2D eigenvalue weighted by Crippen LogP contribution is -2.50. The average molecular weight is 372 g/mol. The Morgan fingerprint density at radius 3 is 2.46 bits per heavy atom. The van der Waals surface area contributed by atoms with Crippen molar-refractivity contribution in [3.8, 4) is 12.3 Å². The molecule has 142 valence electrons. The summed E-state index contributed by atoms with van der Waals surface area (Å²) in [4.78, 5) is 29.3. The largest absolute Gasteiger partial charge is 0.338 e. The van der Waals surface area contributed by atoms with Crippen LogP contribution in [-0.2, 0) is 17.6 Å². The third-order valence-electron chi connectivity index (χ3n) is 5.75. The first-order valence-corrected chi connectivity index (χ1v) is 9.89. The zero-order valence-electron chi connectivity index (χ0n) is 15.9. The monoisotopic (exact) mass is 372 g/mol. The third-order valence-corrected chi connectivity index (χ3v) is 5.75. The number of anilines is 1. The van der Waals surface area contributed by atoms with Crippen LogP contribution in [0.1, 0.15) is 40.7 Å². The molecule has 1 saturated heterocycles. The molecule has 0 atom stereocenters. The maximum absolute atomic E-state index is 12.8. The highest BCUT2D eigenvalue weighted by molar-refractivity contribution is 5.97. The number of piperidine rings is 1. The predicted octanol–water partition coefficient (Wildman–Crippen LogP) is 3.45. The molecule has 0 N–H and O–H groups in total. The number of amides is 2. The van der Waals surface area contributed by atoms with Crippen molar-refractivity contribution in [2.45, 2.75) is 38.1 Å². The van der Waals surface area contributed by atoms with Crippen molar-refractivity contribution in [3.63, 3.8) is 0 Å². The first-order chi connectivity index (χ1) is 13.7. The Kier molecular flexibility index (Phi) is 5.16. The van der Waals surface area contributed by atoms with Crippen molar-refractivity contribution in [1.82, 2.24) is 4.90 Å². The average Bonchev–Trinajstić information content (AvgIpc) is 2.74. The number of likely N-dealkylation sites (tertiary alicyclic amines) is 1. The van der Waals surface area contributed by atoms with Crippen LogP contribution in [0.25, 0.3) is 0 Å². The quantitative estimate of drug-likeness (QED) is 0.775. The van der Waals surface area contributed by atoms with Gasteiger partial charge < -0.3 is 9.80 Å². The van der Waals surface area contributed by atoms with E-state index < -0.39 is 0 Å². The van der Waals surface area contributed by atoms with Gasteiger partial charge in [-0.25, -0.2) is 0 Å². The lowest BCUT2D eigenvalue weighted by molar-refractivity contribution is -0.119. The number of hydrogen-bond donors (Lipinski definition) is 0. The van der Waals surface area contributed by atoms with E-state index in [1.54, 1.807) is 0 Å². The summed E-state index contributed by atoms with van der Waals surface area (Å²) >= 11 is 0. The van der Waals surface area contributed by atoms with E-state index in [9.17, 15) is 9.59 Å². The highest BCUT2D eigenvalue weighted by atomic mass is 16.2. The second-order valence-corrected chi connectivity index (χ2v) is 7.49. The third kappa shape index (κ3) is 3.53. The highest BCUT2D eigenvalue weighted by Crippen LogP contribution is 2.32. The Bertz CT molecular complexity index is 918. The van der Waals surface area contributed by atoms with Crippen molar-refractivity contribution in [3.05, 3.63) is 65.2 Å². The van der Waals surface area contributed by atoms with Gasteiger partial charge in [-0.05, 0) is 48.6 Å². The summed E-state index contributed by atoms with van der Waals surface area (Å²) in [6.45, 7) is 1.34. The minimum absolute atomic E-state index is 0.0519. The Balaban J connectivity index is 1.43. The van der Waals surface area contributed by atoms with Gasteiger partial charge in [0.15, 0.2) is 0 Å². The van der Waals surface area contributed by atoms with Crippen molar-refractivity contribution in [2.75, 3.05) is 18.0 Å². The smallest absolute Gasteiger partial charge is 0.253 e. The van der Waals surface area contributed by atoms with Gasteiger partial charge in [-0.15, -0.1) is 12.3 Å². The van der Waals surface area contributed by atoms with Crippen LogP contribution in [0.5, 0.6) is 0 Å². The van der Waals surface area contributed by atoms with Crippen LogP contribution in [0.3, 0.4) is 0 Å². The van der Waals surface area contributed by atoms with Gasteiger partial charge in [0.2, 0.25) is 5.91 Å². The Morgan fingerprint density at radius 1 is 1.04 bits per heavy atom. The van der Waals surface area contributed by atoms with Crippen LogP contribution < -0.4 is 4.90 Å². The number of para-hydroxylation sites is 1. The van der Waals surface area contributed by atoms with Gasteiger partial charge in [-0.2, -0.15) is 0 Å². The molecule has 28 heavy (non-hydrogen) atoms. The zero-order valence-corrected chi connectivity index (χ0v) is 15.9. The molecule has 0 aromatic heterocycles. The highest BCUT2D eigenvalue weighted by Gasteiger charge is 2.33. The number of benzene rings is 2. The number of hydrogen-bond acceptors (Lipinski definition) is 2. The van der Waals surface area contributed by atoms with E-state index in [0.29, 0.717) is 31.5 Å². The molecule has 0 unspecified atom stereocenters. The second-order valence-electron chi connectivity index (χ2n) is 7.49. The van der Waals surface area contributed by atoms with Gasteiger partial charge in [0, 0.05) is 43.2 Å². The lowest BCUT2D eigenvalue weighted by Gasteiger charge is -2.41. The van der Waals surface area contributed by atoms with Crippen LogP contribution in [0.4, 0.5) is 5.69 Å². The topological polar surface area (TPSA) is 40.6 Å². The molecule has 2 aliphatic heterocycles. The van der Waals surface area contributed by atoms with Gasteiger partial charge in [0.1, 0.15) is 0 Å². The predicted molar refractivity (Wildman–Crippen MR) is 110 cm³/mol. The Hall–Kier alpha value is -3.06. The number of fused-ring (bicyclic) bond motifs is 1. The number of carbonyl (C=O) groups is 2. The molecule has 1 fully saturated rings. The number of nitrogens with zero attached hydrogens (tertiary/aromatic N) is 2. The summed E-state index contributed by atoms with van der Waals surface area (Å²) in [6, 6.07) is 15.9. The standard InChI is InChI=1S/C24H24N2O2/c1-2-5-18-8-10-20(11-9-18)24(28)25-16-14-21(15-17-25)26-22-7-4-3-6-19(22)12-13-23(26)27/h1,3-4,6-11,21H,5,12-17H2. The maximum Gasteiger partial charge on any atom is 0.253 e. The van der Waals surface area contributed by atoms with Crippen molar-refractivity contribution in [2.24, 2.45) is 0 Å². The van der Waals surface area contributed by atoms with Gasteiger partial charge >= 0.3 is 0 Å². The molecule has 4 rings (SSSR count). The van der Waals surface area contributed by atoms with E-state index in [1.807, 2.05) is 52.3 Å². The molecular formula is C24H24N2O2. The summed E-state index contributed by atoms with van der Waals surface area (Å²) < 4.78 is 0. The van der Waals surface area contributed by atoms with Crippen LogP contribution >= 0.6 is 0 Å². The van der Waals surface area contributed by atoms with Gasteiger partial charge in [0.25, 0.3) is 5.91 Å². The molecule has 4 heteroatoms. The zero-order chi connectivity index (χ0) is 19.5. The van der Waals surface area contributed by atoms with Gasteiger partial charge in [0.05, 0.1) is 0 Å². The summed E-state index contributed by atoms with van der Waals surface area (Å²) in [5.74, 6) is 2.87. The fraction of sp³-hybridized carbons (Fsp3) is 0.333. The van der Waals surface area contributed by atoms with Gasteiger partial charge in [-0.1, -0.05) is 30.3 Å². The summed E-state index contributed by atoms with van der Waals surface area (Å²) in [5, 5.41) is 0. The number of rotatable bonds is 3. The van der Waals surface area contributed by atoms with E-state index in [-0.39, 0.29) is 17.9 Å². The molecule has 0 saturated carbocycles. The number of aryl methyl sites for hydroxylation is 1. The molecule has 0 spiro atoms.